The van der Waals surface area contributed by atoms with E-state index in [2.05, 4.69) is 20.4 Å². The van der Waals surface area contributed by atoms with Gasteiger partial charge in [0.2, 0.25) is 11.7 Å². The van der Waals surface area contributed by atoms with Gasteiger partial charge in [0.1, 0.15) is 0 Å². The summed E-state index contributed by atoms with van der Waals surface area (Å²) >= 11 is 1.57. The standard InChI is InChI=1S/C21H25N5O2S/c27-21(22-15-6-2-1-3-7-15)26-12-10-14(11-13-26)19-24-18(25-28-19)20-23-16-8-4-5-9-17(16)29-20/h4-5,8-9,14-15H,1-3,6-7,10-13H2,(H,22,27). The molecular formula is C21H25N5O2S. The number of thiazole rings is 1. The van der Waals surface area contributed by atoms with Gasteiger partial charge < -0.3 is 14.7 Å². The molecule has 1 saturated carbocycles. The molecule has 1 aliphatic carbocycles. The van der Waals surface area contributed by atoms with Crippen molar-refractivity contribution in [3.63, 3.8) is 0 Å². The smallest absolute Gasteiger partial charge is 0.317 e. The Morgan fingerprint density at radius 3 is 2.66 bits per heavy atom. The van der Waals surface area contributed by atoms with Crippen molar-refractivity contribution in [2.24, 2.45) is 0 Å². The predicted octanol–water partition coefficient (Wildman–Crippen LogP) is 4.57. The Hall–Kier alpha value is -2.48. The summed E-state index contributed by atoms with van der Waals surface area (Å²) in [6, 6.07) is 8.45. The van der Waals surface area contributed by atoms with E-state index in [1.54, 1.807) is 11.3 Å². The number of likely N-dealkylation sites (tertiary alicyclic amines) is 1. The highest BCUT2D eigenvalue weighted by atomic mass is 32.1. The van der Waals surface area contributed by atoms with E-state index in [9.17, 15) is 4.79 Å². The number of nitrogens with one attached hydrogen (secondary N) is 1. The number of hydrogen-bond donors (Lipinski definition) is 1. The second-order valence-electron chi connectivity index (χ2n) is 7.99. The lowest BCUT2D eigenvalue weighted by molar-refractivity contribution is 0.169. The number of carbonyl (C=O) groups is 1. The maximum atomic E-state index is 12.5. The number of amides is 2. The van der Waals surface area contributed by atoms with Gasteiger partial charge in [-0.3, -0.25) is 0 Å². The lowest BCUT2D eigenvalue weighted by Crippen LogP contribution is -2.48. The molecule has 0 unspecified atom stereocenters. The van der Waals surface area contributed by atoms with Gasteiger partial charge in [-0.1, -0.05) is 36.6 Å². The topological polar surface area (TPSA) is 84.2 Å². The highest BCUT2D eigenvalue weighted by Crippen LogP contribution is 2.31. The van der Waals surface area contributed by atoms with E-state index < -0.39 is 0 Å². The van der Waals surface area contributed by atoms with Crippen LogP contribution < -0.4 is 5.32 Å². The molecule has 1 saturated heterocycles. The third-order valence-corrected chi connectivity index (χ3v) is 7.02. The SMILES string of the molecule is O=C(NC1CCCCC1)N1CCC(c2nc(-c3nc4ccccc4s3)no2)CC1. The maximum Gasteiger partial charge on any atom is 0.317 e. The van der Waals surface area contributed by atoms with E-state index in [1.165, 1.54) is 19.3 Å². The summed E-state index contributed by atoms with van der Waals surface area (Å²) in [5.74, 6) is 1.41. The number of aromatic nitrogens is 3. The molecule has 0 atom stereocenters. The number of benzene rings is 1. The lowest BCUT2D eigenvalue weighted by atomic mass is 9.95. The minimum Gasteiger partial charge on any atom is -0.339 e. The van der Waals surface area contributed by atoms with Gasteiger partial charge in [-0.2, -0.15) is 4.98 Å². The number of nitrogens with zero attached hydrogens (tertiary/aromatic N) is 4. The van der Waals surface area contributed by atoms with Crippen LogP contribution in [0.5, 0.6) is 0 Å². The largest absolute Gasteiger partial charge is 0.339 e. The molecule has 1 aromatic carbocycles. The fourth-order valence-electron chi connectivity index (χ4n) is 4.30. The summed E-state index contributed by atoms with van der Waals surface area (Å²) in [4.78, 5) is 23.7. The molecule has 0 spiro atoms. The second kappa shape index (κ2) is 8.10. The van der Waals surface area contributed by atoms with Gasteiger partial charge >= 0.3 is 6.03 Å². The third kappa shape index (κ3) is 3.99. The van der Waals surface area contributed by atoms with Crippen molar-refractivity contribution in [3.8, 4) is 10.8 Å². The zero-order chi connectivity index (χ0) is 19.6. The van der Waals surface area contributed by atoms with E-state index in [0.29, 0.717) is 17.8 Å². The van der Waals surface area contributed by atoms with Gasteiger partial charge in [0.15, 0.2) is 5.01 Å². The fraction of sp³-hybridized carbons (Fsp3) is 0.524. The summed E-state index contributed by atoms with van der Waals surface area (Å²) in [5, 5.41) is 8.15. The first-order chi connectivity index (χ1) is 14.3. The van der Waals surface area contributed by atoms with Crippen molar-refractivity contribution in [1.82, 2.24) is 25.3 Å². The summed E-state index contributed by atoms with van der Waals surface area (Å²) in [6.45, 7) is 1.45. The number of piperidine rings is 1. The Kier molecular flexibility index (Phi) is 5.18. The molecule has 152 valence electrons. The van der Waals surface area contributed by atoms with Gasteiger partial charge in [0.25, 0.3) is 0 Å². The van der Waals surface area contributed by atoms with Gasteiger partial charge in [-0.25, -0.2) is 9.78 Å². The van der Waals surface area contributed by atoms with Crippen LogP contribution in [0.15, 0.2) is 28.8 Å². The van der Waals surface area contributed by atoms with Crippen molar-refractivity contribution in [3.05, 3.63) is 30.2 Å². The van der Waals surface area contributed by atoms with Crippen LogP contribution in [-0.4, -0.2) is 45.2 Å². The number of fused-ring (bicyclic) bond motifs is 1. The summed E-state index contributed by atoms with van der Waals surface area (Å²) in [6.07, 6.45) is 7.65. The highest BCUT2D eigenvalue weighted by molar-refractivity contribution is 7.21. The lowest BCUT2D eigenvalue weighted by Gasteiger charge is -2.32. The fourth-order valence-corrected chi connectivity index (χ4v) is 5.19. The van der Waals surface area contributed by atoms with Gasteiger partial charge in [-0.05, 0) is 37.8 Å². The number of rotatable bonds is 3. The van der Waals surface area contributed by atoms with E-state index in [0.717, 1.165) is 54.0 Å². The number of hydrogen-bond acceptors (Lipinski definition) is 6. The van der Waals surface area contributed by atoms with E-state index in [1.807, 2.05) is 29.2 Å². The van der Waals surface area contributed by atoms with Crippen LogP contribution in [0, 0.1) is 0 Å². The van der Waals surface area contributed by atoms with Gasteiger partial charge in [-0.15, -0.1) is 11.3 Å². The monoisotopic (exact) mass is 411 g/mol. The first-order valence-electron chi connectivity index (χ1n) is 10.5. The maximum absolute atomic E-state index is 12.5. The van der Waals surface area contributed by atoms with E-state index >= 15 is 0 Å². The Labute approximate surface area is 173 Å². The normalized spacial score (nSPS) is 19.0. The molecule has 2 aliphatic rings. The molecule has 2 amide bonds. The molecular weight excluding hydrogens is 386 g/mol. The molecule has 7 nitrogen and oxygen atoms in total. The first-order valence-corrected chi connectivity index (χ1v) is 11.3. The Bertz CT molecular complexity index is 953. The minimum atomic E-state index is 0.0797. The van der Waals surface area contributed by atoms with Crippen molar-refractivity contribution < 1.29 is 9.32 Å². The number of carbonyl (C=O) groups excluding carboxylic acids is 1. The Morgan fingerprint density at radius 1 is 1.07 bits per heavy atom. The van der Waals surface area contributed by atoms with Crippen molar-refractivity contribution in [1.29, 1.82) is 0 Å². The van der Waals surface area contributed by atoms with Crippen LogP contribution in [0.25, 0.3) is 21.0 Å². The molecule has 5 rings (SSSR count). The summed E-state index contributed by atoms with van der Waals surface area (Å²) in [5.41, 5.74) is 0.955. The molecule has 3 aromatic rings. The van der Waals surface area contributed by atoms with Crippen LogP contribution in [0.3, 0.4) is 0 Å². The summed E-state index contributed by atoms with van der Waals surface area (Å²) in [7, 11) is 0. The molecule has 2 fully saturated rings. The quantitative estimate of drug-likeness (QED) is 0.683. The molecule has 1 N–H and O–H groups in total. The molecule has 3 heterocycles. The van der Waals surface area contributed by atoms with Crippen molar-refractivity contribution in [2.75, 3.05) is 13.1 Å². The molecule has 8 heteroatoms. The van der Waals surface area contributed by atoms with E-state index in [-0.39, 0.29) is 11.9 Å². The van der Waals surface area contributed by atoms with Gasteiger partial charge in [0, 0.05) is 25.0 Å². The average molecular weight is 412 g/mol. The average Bonchev–Trinajstić information content (AvgIpc) is 3.42. The van der Waals surface area contributed by atoms with Crippen LogP contribution in [-0.2, 0) is 0 Å². The van der Waals surface area contributed by atoms with Crippen LogP contribution in [0.4, 0.5) is 4.79 Å². The Balaban J connectivity index is 1.19. The minimum absolute atomic E-state index is 0.0797. The van der Waals surface area contributed by atoms with Gasteiger partial charge in [0.05, 0.1) is 10.2 Å². The van der Waals surface area contributed by atoms with Crippen molar-refractivity contribution in [2.45, 2.75) is 56.9 Å². The number of urea groups is 1. The summed E-state index contributed by atoms with van der Waals surface area (Å²) < 4.78 is 6.68. The van der Waals surface area contributed by atoms with Crippen molar-refractivity contribution >= 4 is 27.6 Å². The zero-order valence-corrected chi connectivity index (χ0v) is 17.2. The number of para-hydroxylation sites is 1. The van der Waals surface area contributed by atoms with Crippen LogP contribution in [0.2, 0.25) is 0 Å². The van der Waals surface area contributed by atoms with E-state index in [4.69, 9.17) is 4.52 Å². The molecule has 29 heavy (non-hydrogen) atoms. The first kappa shape index (κ1) is 18.5. The zero-order valence-electron chi connectivity index (χ0n) is 16.3. The molecule has 0 radical (unpaired) electrons. The molecule has 2 aromatic heterocycles. The van der Waals surface area contributed by atoms with Crippen LogP contribution in [0.1, 0.15) is 56.8 Å². The second-order valence-corrected chi connectivity index (χ2v) is 9.02. The highest BCUT2D eigenvalue weighted by Gasteiger charge is 2.29. The van der Waals surface area contributed by atoms with Crippen LogP contribution >= 0.6 is 11.3 Å². The third-order valence-electron chi connectivity index (χ3n) is 5.99. The molecule has 0 bridgehead atoms. The predicted molar refractivity (Wildman–Crippen MR) is 112 cm³/mol. The molecule has 1 aliphatic heterocycles. The Morgan fingerprint density at radius 2 is 1.86 bits per heavy atom.